The molecule has 0 saturated heterocycles. The van der Waals surface area contributed by atoms with Crippen molar-refractivity contribution < 1.29 is 13.5 Å². The summed E-state index contributed by atoms with van der Waals surface area (Å²) in [6, 6.07) is 2.96. The first kappa shape index (κ1) is 10.6. The lowest BCUT2D eigenvalue weighted by Crippen LogP contribution is -2.13. The second-order valence-electron chi connectivity index (χ2n) is 2.47. The zero-order valence-corrected chi connectivity index (χ0v) is 7.41. The molecule has 0 saturated carbocycles. The molecular formula is C8H11F2N3O. The van der Waals surface area contributed by atoms with Gasteiger partial charge < -0.3 is 15.8 Å². The van der Waals surface area contributed by atoms with Crippen LogP contribution in [0.4, 0.5) is 14.6 Å². The lowest BCUT2D eigenvalue weighted by Gasteiger charge is -2.05. The standard InChI is InChI=1S/C8H11F2N3O/c9-8(10)14-6-1-2-7(13-5-6)12-4-3-11/h1-2,5,8H,3-4,11H2,(H,12,13). The number of hydrogen-bond acceptors (Lipinski definition) is 4. The molecule has 0 bridgehead atoms. The Morgan fingerprint density at radius 3 is 2.79 bits per heavy atom. The van der Waals surface area contributed by atoms with Gasteiger partial charge in [-0.2, -0.15) is 8.78 Å². The van der Waals surface area contributed by atoms with Gasteiger partial charge in [0.2, 0.25) is 0 Å². The zero-order chi connectivity index (χ0) is 10.4. The Hall–Kier alpha value is -1.43. The second-order valence-corrected chi connectivity index (χ2v) is 2.47. The highest BCUT2D eigenvalue weighted by Gasteiger charge is 2.03. The molecule has 0 aliphatic rings. The molecule has 0 spiro atoms. The molecule has 1 aromatic rings. The van der Waals surface area contributed by atoms with E-state index in [0.717, 1.165) is 0 Å². The summed E-state index contributed by atoms with van der Waals surface area (Å²) in [5, 5.41) is 2.90. The normalized spacial score (nSPS) is 10.3. The van der Waals surface area contributed by atoms with Crippen molar-refractivity contribution in [2.75, 3.05) is 18.4 Å². The first-order valence-corrected chi connectivity index (χ1v) is 4.07. The van der Waals surface area contributed by atoms with E-state index in [0.29, 0.717) is 18.9 Å². The maximum Gasteiger partial charge on any atom is 0.387 e. The molecular weight excluding hydrogens is 192 g/mol. The van der Waals surface area contributed by atoms with Crippen LogP contribution < -0.4 is 15.8 Å². The SMILES string of the molecule is NCCNc1ccc(OC(F)F)cn1. The Kier molecular flexibility index (Phi) is 4.06. The van der Waals surface area contributed by atoms with Crippen LogP contribution in [-0.4, -0.2) is 24.7 Å². The van der Waals surface area contributed by atoms with Gasteiger partial charge in [0.05, 0.1) is 6.20 Å². The Morgan fingerprint density at radius 1 is 1.50 bits per heavy atom. The number of nitrogens with two attached hydrogens (primary N) is 1. The largest absolute Gasteiger partial charge is 0.433 e. The number of ether oxygens (including phenoxy) is 1. The number of rotatable bonds is 5. The van der Waals surface area contributed by atoms with Crippen molar-refractivity contribution in [3.05, 3.63) is 18.3 Å². The molecule has 4 nitrogen and oxygen atoms in total. The van der Waals surface area contributed by atoms with E-state index in [-0.39, 0.29) is 5.75 Å². The van der Waals surface area contributed by atoms with E-state index in [1.165, 1.54) is 12.3 Å². The molecule has 1 rings (SSSR count). The quantitative estimate of drug-likeness (QED) is 0.751. The summed E-state index contributed by atoms with van der Waals surface area (Å²) in [4.78, 5) is 3.84. The molecule has 1 aromatic heterocycles. The maximum absolute atomic E-state index is 11.7. The van der Waals surface area contributed by atoms with Crippen LogP contribution in [0.25, 0.3) is 0 Å². The average molecular weight is 203 g/mol. The summed E-state index contributed by atoms with van der Waals surface area (Å²) in [5.74, 6) is 0.621. The molecule has 6 heteroatoms. The maximum atomic E-state index is 11.7. The van der Waals surface area contributed by atoms with E-state index in [2.05, 4.69) is 15.0 Å². The van der Waals surface area contributed by atoms with Gasteiger partial charge in [-0.05, 0) is 12.1 Å². The Bertz CT molecular complexity index is 266. The molecule has 3 N–H and O–H groups in total. The molecule has 78 valence electrons. The highest BCUT2D eigenvalue weighted by Crippen LogP contribution is 2.14. The van der Waals surface area contributed by atoms with Crippen LogP contribution in [-0.2, 0) is 0 Å². The fourth-order valence-electron chi connectivity index (χ4n) is 0.858. The minimum atomic E-state index is -2.82. The van der Waals surface area contributed by atoms with E-state index >= 15 is 0 Å². The van der Waals surface area contributed by atoms with Crippen molar-refractivity contribution >= 4 is 5.82 Å². The molecule has 0 aromatic carbocycles. The van der Waals surface area contributed by atoms with Crippen LogP contribution in [0.5, 0.6) is 5.75 Å². The summed E-state index contributed by atoms with van der Waals surface area (Å²) < 4.78 is 27.6. The molecule has 14 heavy (non-hydrogen) atoms. The summed E-state index contributed by atoms with van der Waals surface area (Å²) in [7, 11) is 0. The molecule has 0 radical (unpaired) electrons. The Balaban J connectivity index is 2.50. The van der Waals surface area contributed by atoms with E-state index < -0.39 is 6.61 Å². The van der Waals surface area contributed by atoms with E-state index in [9.17, 15) is 8.78 Å². The predicted molar refractivity (Wildman–Crippen MR) is 48.4 cm³/mol. The lowest BCUT2D eigenvalue weighted by atomic mass is 10.4. The van der Waals surface area contributed by atoms with Crippen LogP contribution >= 0.6 is 0 Å². The molecule has 0 aliphatic carbocycles. The summed E-state index contributed by atoms with van der Waals surface area (Å²) in [6.07, 6.45) is 1.23. The number of anilines is 1. The van der Waals surface area contributed by atoms with Crippen LogP contribution in [0.1, 0.15) is 0 Å². The van der Waals surface area contributed by atoms with Crippen molar-refractivity contribution in [1.29, 1.82) is 0 Å². The number of halogens is 2. The molecule has 0 atom stereocenters. The predicted octanol–water partition coefficient (Wildman–Crippen LogP) is 1.05. The summed E-state index contributed by atoms with van der Waals surface area (Å²) >= 11 is 0. The van der Waals surface area contributed by atoms with Gasteiger partial charge in [-0.3, -0.25) is 0 Å². The van der Waals surface area contributed by atoms with Crippen molar-refractivity contribution in [2.45, 2.75) is 6.61 Å². The van der Waals surface area contributed by atoms with Crippen molar-refractivity contribution in [1.82, 2.24) is 4.98 Å². The molecule has 0 fully saturated rings. The number of pyridine rings is 1. The molecule has 0 amide bonds. The van der Waals surface area contributed by atoms with E-state index in [1.807, 2.05) is 0 Å². The number of nitrogens with zero attached hydrogens (tertiary/aromatic N) is 1. The fraction of sp³-hybridized carbons (Fsp3) is 0.375. The summed E-state index contributed by atoms with van der Waals surface area (Å²) in [5.41, 5.74) is 5.26. The molecule has 0 aliphatic heterocycles. The number of hydrogen-bond donors (Lipinski definition) is 2. The Labute approximate surface area is 80.1 Å². The number of nitrogens with one attached hydrogen (secondary N) is 1. The third kappa shape index (κ3) is 3.53. The van der Waals surface area contributed by atoms with E-state index in [4.69, 9.17) is 5.73 Å². The average Bonchev–Trinajstić information content (AvgIpc) is 2.16. The van der Waals surface area contributed by atoms with Crippen LogP contribution in [0.15, 0.2) is 18.3 Å². The Morgan fingerprint density at radius 2 is 2.29 bits per heavy atom. The lowest BCUT2D eigenvalue weighted by molar-refractivity contribution is -0.0500. The highest BCUT2D eigenvalue weighted by molar-refractivity contribution is 5.37. The third-order valence-corrected chi connectivity index (χ3v) is 1.41. The fourth-order valence-corrected chi connectivity index (χ4v) is 0.858. The van der Waals surface area contributed by atoms with Crippen LogP contribution in [0, 0.1) is 0 Å². The number of alkyl halides is 2. The number of aromatic nitrogens is 1. The van der Waals surface area contributed by atoms with Crippen LogP contribution in [0.3, 0.4) is 0 Å². The monoisotopic (exact) mass is 203 g/mol. The summed E-state index contributed by atoms with van der Waals surface area (Å²) in [6.45, 7) is -1.75. The minimum Gasteiger partial charge on any atom is -0.433 e. The first-order chi connectivity index (χ1) is 6.72. The van der Waals surface area contributed by atoms with Gasteiger partial charge in [0, 0.05) is 13.1 Å². The second kappa shape index (κ2) is 5.33. The van der Waals surface area contributed by atoms with Gasteiger partial charge in [0.1, 0.15) is 11.6 Å². The zero-order valence-electron chi connectivity index (χ0n) is 7.41. The van der Waals surface area contributed by atoms with Gasteiger partial charge >= 0.3 is 6.61 Å². The smallest absolute Gasteiger partial charge is 0.387 e. The minimum absolute atomic E-state index is 0.0401. The van der Waals surface area contributed by atoms with Crippen molar-refractivity contribution in [2.24, 2.45) is 5.73 Å². The first-order valence-electron chi connectivity index (χ1n) is 4.07. The van der Waals surface area contributed by atoms with Crippen molar-refractivity contribution in [3.63, 3.8) is 0 Å². The topological polar surface area (TPSA) is 60.2 Å². The third-order valence-electron chi connectivity index (χ3n) is 1.41. The van der Waals surface area contributed by atoms with Gasteiger partial charge in [-0.1, -0.05) is 0 Å². The van der Waals surface area contributed by atoms with Gasteiger partial charge in [0.15, 0.2) is 0 Å². The highest BCUT2D eigenvalue weighted by atomic mass is 19.3. The molecule has 0 unspecified atom stereocenters. The molecule has 1 heterocycles. The van der Waals surface area contributed by atoms with Crippen molar-refractivity contribution in [3.8, 4) is 5.75 Å². The van der Waals surface area contributed by atoms with Crippen LogP contribution in [0.2, 0.25) is 0 Å². The van der Waals surface area contributed by atoms with E-state index in [1.54, 1.807) is 6.07 Å². The van der Waals surface area contributed by atoms with Gasteiger partial charge in [0.25, 0.3) is 0 Å². The van der Waals surface area contributed by atoms with Gasteiger partial charge in [-0.25, -0.2) is 4.98 Å². The van der Waals surface area contributed by atoms with Gasteiger partial charge in [-0.15, -0.1) is 0 Å².